The summed E-state index contributed by atoms with van der Waals surface area (Å²) in [5.41, 5.74) is 6.53. The molecule has 2 nitrogen and oxygen atoms in total. The highest BCUT2D eigenvalue weighted by atomic mass is 15.0. The molecule has 0 bridgehead atoms. The Bertz CT molecular complexity index is 1330. The number of aromatic amines is 1. The Morgan fingerprint density at radius 3 is 2.65 bits per heavy atom. The van der Waals surface area contributed by atoms with Gasteiger partial charge in [0.25, 0.3) is 0 Å². The third-order valence-corrected chi connectivity index (χ3v) is 5.89. The third-order valence-electron chi connectivity index (χ3n) is 5.89. The van der Waals surface area contributed by atoms with Crippen LogP contribution < -0.4 is 10.6 Å². The van der Waals surface area contributed by atoms with Crippen LogP contribution in [0.1, 0.15) is 31.9 Å². The Morgan fingerprint density at radius 1 is 1.08 bits per heavy atom. The van der Waals surface area contributed by atoms with Gasteiger partial charge in [0.1, 0.15) is 0 Å². The second-order valence-corrected chi connectivity index (χ2v) is 7.58. The SMILES string of the molecule is C=C/C=c1/[nH]c2c(cc3c4c2ccn4-c2ccccc2C3(C)C)/c1=C/C. The fraction of sp³-hybridized carbons (Fsp3) is 0.167. The molecule has 0 radical (unpaired) electrons. The quantitative estimate of drug-likeness (QED) is 0.527. The second-order valence-electron chi connectivity index (χ2n) is 7.58. The molecule has 0 spiro atoms. The fourth-order valence-electron chi connectivity index (χ4n) is 4.63. The molecular formula is C24H22N2. The van der Waals surface area contributed by atoms with Gasteiger partial charge in [-0.15, -0.1) is 0 Å². The van der Waals surface area contributed by atoms with Crippen LogP contribution in [0.25, 0.3) is 39.6 Å². The summed E-state index contributed by atoms with van der Waals surface area (Å²) < 4.78 is 2.34. The number of nitrogens with one attached hydrogen (secondary N) is 1. The zero-order chi connectivity index (χ0) is 18.1. The molecule has 2 heteroatoms. The minimum atomic E-state index is -0.0397. The van der Waals surface area contributed by atoms with Gasteiger partial charge in [0.2, 0.25) is 0 Å². The van der Waals surface area contributed by atoms with E-state index < -0.39 is 0 Å². The van der Waals surface area contributed by atoms with E-state index in [1.165, 1.54) is 43.8 Å². The van der Waals surface area contributed by atoms with Crippen molar-refractivity contribution in [1.82, 2.24) is 9.55 Å². The molecule has 2 aromatic heterocycles. The lowest BCUT2D eigenvalue weighted by Gasteiger charge is -2.34. The van der Waals surface area contributed by atoms with Crippen LogP contribution >= 0.6 is 0 Å². The van der Waals surface area contributed by atoms with Gasteiger partial charge in [-0.3, -0.25) is 0 Å². The lowest BCUT2D eigenvalue weighted by Crippen LogP contribution is -2.26. The molecule has 0 saturated carbocycles. The van der Waals surface area contributed by atoms with Crippen LogP contribution in [0.3, 0.4) is 0 Å². The van der Waals surface area contributed by atoms with Crippen LogP contribution in [-0.2, 0) is 5.41 Å². The predicted octanol–water partition coefficient (Wildman–Crippen LogP) is 4.52. The zero-order valence-corrected chi connectivity index (χ0v) is 15.4. The number of aromatic nitrogens is 2. The Labute approximate surface area is 152 Å². The monoisotopic (exact) mass is 338 g/mol. The number of para-hydroxylation sites is 1. The first-order valence-electron chi connectivity index (χ1n) is 9.13. The maximum Gasteiger partial charge on any atom is 0.0590 e. The van der Waals surface area contributed by atoms with E-state index in [9.17, 15) is 0 Å². The number of hydrogen-bond acceptors (Lipinski definition) is 0. The zero-order valence-electron chi connectivity index (χ0n) is 15.4. The molecule has 128 valence electrons. The molecule has 3 heterocycles. The van der Waals surface area contributed by atoms with Gasteiger partial charge in [-0.05, 0) is 42.3 Å². The van der Waals surface area contributed by atoms with E-state index >= 15 is 0 Å². The van der Waals surface area contributed by atoms with Crippen LogP contribution in [0.15, 0.2) is 55.3 Å². The topological polar surface area (TPSA) is 20.7 Å². The Hall–Kier alpha value is -3.00. The average molecular weight is 338 g/mol. The van der Waals surface area contributed by atoms with Crippen molar-refractivity contribution < 1.29 is 0 Å². The van der Waals surface area contributed by atoms with Crippen LogP contribution in [-0.4, -0.2) is 9.55 Å². The maximum absolute atomic E-state index is 3.87. The van der Waals surface area contributed by atoms with E-state index in [-0.39, 0.29) is 5.41 Å². The highest BCUT2D eigenvalue weighted by Crippen LogP contribution is 2.45. The Balaban J connectivity index is 2.06. The molecule has 0 fully saturated rings. The summed E-state index contributed by atoms with van der Waals surface area (Å²) in [4.78, 5) is 3.63. The molecule has 4 aromatic rings. The van der Waals surface area contributed by atoms with E-state index in [0.717, 1.165) is 5.35 Å². The average Bonchev–Trinajstić information content (AvgIpc) is 3.21. The smallest absolute Gasteiger partial charge is 0.0590 e. The van der Waals surface area contributed by atoms with Gasteiger partial charge in [-0.2, -0.15) is 0 Å². The Kier molecular flexibility index (Phi) is 2.94. The van der Waals surface area contributed by atoms with Crippen LogP contribution in [0.2, 0.25) is 0 Å². The minimum Gasteiger partial charge on any atom is -0.354 e. The molecule has 0 atom stereocenters. The van der Waals surface area contributed by atoms with Gasteiger partial charge in [0, 0.05) is 38.6 Å². The summed E-state index contributed by atoms with van der Waals surface area (Å²) in [6, 6.07) is 13.4. The van der Waals surface area contributed by atoms with Crippen molar-refractivity contribution >= 4 is 34.0 Å². The van der Waals surface area contributed by atoms with Crippen molar-refractivity contribution in [3.8, 4) is 5.69 Å². The van der Waals surface area contributed by atoms with Gasteiger partial charge in [-0.1, -0.05) is 50.8 Å². The first-order valence-corrected chi connectivity index (χ1v) is 9.13. The van der Waals surface area contributed by atoms with Gasteiger partial charge in [0.05, 0.1) is 11.0 Å². The summed E-state index contributed by atoms with van der Waals surface area (Å²) in [6.07, 6.45) is 8.29. The van der Waals surface area contributed by atoms with Crippen LogP contribution in [0.4, 0.5) is 0 Å². The minimum absolute atomic E-state index is 0.0397. The van der Waals surface area contributed by atoms with E-state index in [4.69, 9.17) is 0 Å². The standard InChI is InChI=1S/C24H22N2/c1-5-9-20-15(6-2)17-14-19-23-16(22(17)25-20)12-13-26(23)21-11-8-7-10-18(21)24(19,3)4/h5-14,25H,1H2,2-4H3/b15-6-,20-9+. The van der Waals surface area contributed by atoms with Crippen molar-refractivity contribution in [1.29, 1.82) is 0 Å². The number of allylic oxidation sites excluding steroid dienone is 1. The van der Waals surface area contributed by atoms with Crippen molar-refractivity contribution in [3.05, 3.63) is 76.9 Å². The first-order chi connectivity index (χ1) is 12.6. The number of H-pyrrole nitrogens is 1. The number of hydrogen-bond donors (Lipinski definition) is 1. The molecule has 0 unspecified atom stereocenters. The van der Waals surface area contributed by atoms with E-state index in [0.29, 0.717) is 0 Å². The summed E-state index contributed by atoms with van der Waals surface area (Å²) in [7, 11) is 0. The summed E-state index contributed by atoms with van der Waals surface area (Å²) >= 11 is 0. The predicted molar refractivity (Wildman–Crippen MR) is 111 cm³/mol. The molecule has 1 aliphatic rings. The number of rotatable bonds is 1. The summed E-state index contributed by atoms with van der Waals surface area (Å²) in [5, 5.41) is 4.94. The fourth-order valence-corrected chi connectivity index (χ4v) is 4.63. The van der Waals surface area contributed by atoms with E-state index in [1.54, 1.807) is 0 Å². The summed E-state index contributed by atoms with van der Waals surface area (Å²) in [6.45, 7) is 10.6. The molecule has 26 heavy (non-hydrogen) atoms. The highest BCUT2D eigenvalue weighted by molar-refractivity contribution is 6.08. The van der Waals surface area contributed by atoms with Crippen LogP contribution in [0, 0.1) is 0 Å². The lowest BCUT2D eigenvalue weighted by molar-refractivity contribution is 0.629. The van der Waals surface area contributed by atoms with E-state index in [2.05, 4.69) is 91.6 Å². The second kappa shape index (κ2) is 5.01. The molecule has 0 aliphatic carbocycles. The maximum atomic E-state index is 3.87. The van der Waals surface area contributed by atoms with Crippen molar-refractivity contribution in [2.24, 2.45) is 0 Å². The lowest BCUT2D eigenvalue weighted by atomic mass is 9.74. The van der Waals surface area contributed by atoms with Crippen molar-refractivity contribution in [2.45, 2.75) is 26.2 Å². The van der Waals surface area contributed by atoms with E-state index in [1.807, 2.05) is 6.08 Å². The normalized spacial score (nSPS) is 16.4. The third kappa shape index (κ3) is 1.71. The van der Waals surface area contributed by atoms with Gasteiger partial charge >= 0.3 is 0 Å². The number of fused-ring (bicyclic) bond motifs is 4. The molecule has 2 aromatic carbocycles. The highest BCUT2D eigenvalue weighted by Gasteiger charge is 2.34. The Morgan fingerprint density at radius 2 is 1.88 bits per heavy atom. The summed E-state index contributed by atoms with van der Waals surface area (Å²) in [5.74, 6) is 0. The largest absolute Gasteiger partial charge is 0.354 e. The molecule has 5 rings (SSSR count). The molecule has 1 aliphatic heterocycles. The molecule has 0 saturated heterocycles. The number of benzene rings is 2. The van der Waals surface area contributed by atoms with Gasteiger partial charge in [0.15, 0.2) is 0 Å². The van der Waals surface area contributed by atoms with Gasteiger partial charge < -0.3 is 9.55 Å². The van der Waals surface area contributed by atoms with Crippen molar-refractivity contribution in [3.63, 3.8) is 0 Å². The molecule has 1 N–H and O–H groups in total. The van der Waals surface area contributed by atoms with Gasteiger partial charge in [-0.25, -0.2) is 0 Å². The van der Waals surface area contributed by atoms with Crippen LogP contribution in [0.5, 0.6) is 0 Å². The molecular weight excluding hydrogens is 316 g/mol. The first kappa shape index (κ1) is 15.3. The number of nitrogens with zero attached hydrogens (tertiary/aromatic N) is 1. The molecule has 0 amide bonds. The van der Waals surface area contributed by atoms with Crippen molar-refractivity contribution in [2.75, 3.05) is 0 Å².